The standard InChI is InChI=1S/C14H15N7O3/c1-24-8-4-7-15-13-12(21(22)23)14(17-9-16-13)20-11-6-3-2-5-10(11)18-19-20/h2-3,5-6,9H,4,7-8H2,1H3,(H,15,16,17). The fourth-order valence-corrected chi connectivity index (χ4v) is 2.27. The summed E-state index contributed by atoms with van der Waals surface area (Å²) < 4.78 is 6.30. The number of nitrogens with one attached hydrogen (secondary N) is 1. The second-order valence-corrected chi connectivity index (χ2v) is 4.91. The van der Waals surface area contributed by atoms with Gasteiger partial charge in [-0.05, 0) is 18.6 Å². The van der Waals surface area contributed by atoms with Crippen molar-refractivity contribution in [3.63, 3.8) is 0 Å². The first-order valence-corrected chi connectivity index (χ1v) is 7.25. The molecule has 1 aromatic carbocycles. The third kappa shape index (κ3) is 2.99. The normalized spacial score (nSPS) is 10.9. The molecule has 0 aliphatic rings. The van der Waals surface area contributed by atoms with Crippen LogP contribution in [0.1, 0.15) is 6.42 Å². The van der Waals surface area contributed by atoms with Gasteiger partial charge in [-0.2, -0.15) is 4.68 Å². The molecule has 0 amide bonds. The number of nitro groups is 1. The van der Waals surface area contributed by atoms with Crippen molar-refractivity contribution in [3.8, 4) is 5.82 Å². The van der Waals surface area contributed by atoms with Gasteiger partial charge >= 0.3 is 5.69 Å². The van der Waals surface area contributed by atoms with Crippen LogP contribution in [-0.2, 0) is 4.74 Å². The third-order valence-electron chi connectivity index (χ3n) is 3.36. The van der Waals surface area contributed by atoms with Gasteiger partial charge in [0, 0.05) is 20.3 Å². The van der Waals surface area contributed by atoms with Gasteiger partial charge in [0.2, 0.25) is 11.6 Å². The first kappa shape index (κ1) is 15.7. The molecule has 0 saturated carbocycles. The molecule has 0 radical (unpaired) electrons. The van der Waals surface area contributed by atoms with Gasteiger partial charge in [-0.25, -0.2) is 9.97 Å². The Bertz CT molecular complexity index is 864. The summed E-state index contributed by atoms with van der Waals surface area (Å²) in [6.45, 7) is 1.04. The third-order valence-corrected chi connectivity index (χ3v) is 3.36. The van der Waals surface area contributed by atoms with E-state index in [9.17, 15) is 10.1 Å². The van der Waals surface area contributed by atoms with Crippen molar-refractivity contribution < 1.29 is 9.66 Å². The van der Waals surface area contributed by atoms with Gasteiger partial charge in [0.1, 0.15) is 11.8 Å². The maximum Gasteiger partial charge on any atom is 0.355 e. The molecule has 2 heterocycles. The maximum absolute atomic E-state index is 11.6. The Morgan fingerprint density at radius 1 is 1.33 bits per heavy atom. The Hall–Kier alpha value is -3.14. The molecule has 0 aliphatic heterocycles. The zero-order chi connectivity index (χ0) is 16.9. The molecular formula is C14H15N7O3. The molecule has 0 saturated heterocycles. The smallest absolute Gasteiger partial charge is 0.355 e. The Labute approximate surface area is 136 Å². The maximum atomic E-state index is 11.6. The molecule has 24 heavy (non-hydrogen) atoms. The van der Waals surface area contributed by atoms with Crippen LogP contribution in [0.25, 0.3) is 16.9 Å². The van der Waals surface area contributed by atoms with Gasteiger partial charge in [-0.3, -0.25) is 10.1 Å². The van der Waals surface area contributed by atoms with Crippen molar-refractivity contribution in [2.24, 2.45) is 0 Å². The van der Waals surface area contributed by atoms with Crippen LogP contribution < -0.4 is 5.32 Å². The van der Waals surface area contributed by atoms with Crippen LogP contribution in [-0.4, -0.2) is 50.1 Å². The fraction of sp³-hybridized carbons (Fsp3) is 0.286. The number of ether oxygens (including phenoxy) is 1. The van der Waals surface area contributed by atoms with E-state index in [0.717, 1.165) is 0 Å². The Morgan fingerprint density at radius 3 is 2.96 bits per heavy atom. The highest BCUT2D eigenvalue weighted by atomic mass is 16.6. The zero-order valence-electron chi connectivity index (χ0n) is 12.9. The van der Waals surface area contributed by atoms with Gasteiger partial charge < -0.3 is 10.1 Å². The summed E-state index contributed by atoms with van der Waals surface area (Å²) in [6, 6.07) is 7.17. The van der Waals surface area contributed by atoms with Crippen molar-refractivity contribution in [2.75, 3.05) is 25.6 Å². The monoisotopic (exact) mass is 329 g/mol. The second-order valence-electron chi connectivity index (χ2n) is 4.91. The number of rotatable bonds is 7. The lowest BCUT2D eigenvalue weighted by molar-refractivity contribution is -0.384. The van der Waals surface area contributed by atoms with Crippen LogP contribution in [0, 0.1) is 10.1 Å². The quantitative estimate of drug-likeness (QED) is 0.394. The average molecular weight is 329 g/mol. The zero-order valence-corrected chi connectivity index (χ0v) is 12.9. The minimum absolute atomic E-state index is 0.0675. The molecule has 3 aromatic rings. The lowest BCUT2D eigenvalue weighted by Crippen LogP contribution is -2.12. The average Bonchev–Trinajstić information content (AvgIpc) is 3.02. The number of nitrogens with zero attached hydrogens (tertiary/aromatic N) is 6. The van der Waals surface area contributed by atoms with Crippen LogP contribution in [0.4, 0.5) is 11.5 Å². The number of hydrogen-bond donors (Lipinski definition) is 1. The first-order valence-electron chi connectivity index (χ1n) is 7.25. The second kappa shape index (κ2) is 6.96. The number of fused-ring (bicyclic) bond motifs is 1. The highest BCUT2D eigenvalue weighted by Gasteiger charge is 2.26. The SMILES string of the molecule is COCCCNc1ncnc(-n2nnc3ccccc32)c1[N+](=O)[O-]. The van der Waals surface area contributed by atoms with Gasteiger partial charge in [0.25, 0.3) is 0 Å². The van der Waals surface area contributed by atoms with E-state index in [1.165, 1.54) is 11.0 Å². The van der Waals surface area contributed by atoms with Crippen molar-refractivity contribution in [1.82, 2.24) is 25.0 Å². The summed E-state index contributed by atoms with van der Waals surface area (Å²) in [5.74, 6) is 0.207. The number of benzene rings is 1. The van der Waals surface area contributed by atoms with E-state index in [1.54, 1.807) is 25.3 Å². The number of hydrogen-bond acceptors (Lipinski definition) is 8. The number of methoxy groups -OCH3 is 1. The number of para-hydroxylation sites is 1. The van der Waals surface area contributed by atoms with E-state index < -0.39 is 4.92 Å². The van der Waals surface area contributed by atoms with Crippen LogP contribution in [0.3, 0.4) is 0 Å². The predicted octanol–water partition coefficient (Wildman–Crippen LogP) is 1.57. The molecule has 10 heteroatoms. The highest BCUT2D eigenvalue weighted by Crippen LogP contribution is 2.28. The van der Waals surface area contributed by atoms with Crippen molar-refractivity contribution >= 4 is 22.5 Å². The molecule has 0 spiro atoms. The van der Waals surface area contributed by atoms with E-state index in [1.807, 2.05) is 6.07 Å². The number of anilines is 1. The van der Waals surface area contributed by atoms with E-state index in [4.69, 9.17) is 4.74 Å². The largest absolute Gasteiger partial charge is 0.385 e. The Balaban J connectivity index is 2.03. The van der Waals surface area contributed by atoms with Crippen LogP contribution >= 0.6 is 0 Å². The van der Waals surface area contributed by atoms with Crippen molar-refractivity contribution in [2.45, 2.75) is 6.42 Å². The first-order chi connectivity index (χ1) is 11.7. The molecule has 10 nitrogen and oxygen atoms in total. The lowest BCUT2D eigenvalue weighted by Gasteiger charge is -2.08. The predicted molar refractivity (Wildman–Crippen MR) is 86.1 cm³/mol. The van der Waals surface area contributed by atoms with Crippen molar-refractivity contribution in [3.05, 3.63) is 40.7 Å². The summed E-state index contributed by atoms with van der Waals surface area (Å²) in [5.41, 5.74) is 1.01. The minimum Gasteiger partial charge on any atom is -0.385 e. The summed E-state index contributed by atoms with van der Waals surface area (Å²) in [5, 5.41) is 22.5. The van der Waals surface area contributed by atoms with Gasteiger partial charge in [0.15, 0.2) is 0 Å². The van der Waals surface area contributed by atoms with Crippen LogP contribution in [0.15, 0.2) is 30.6 Å². The molecule has 0 bridgehead atoms. The molecule has 0 aliphatic carbocycles. The molecular weight excluding hydrogens is 314 g/mol. The molecule has 124 valence electrons. The highest BCUT2D eigenvalue weighted by molar-refractivity contribution is 5.77. The lowest BCUT2D eigenvalue weighted by atomic mass is 10.3. The molecule has 1 N–H and O–H groups in total. The molecule has 0 unspecified atom stereocenters. The summed E-state index contributed by atoms with van der Waals surface area (Å²) >= 11 is 0. The van der Waals surface area contributed by atoms with Gasteiger partial charge in [-0.15, -0.1) is 5.10 Å². The van der Waals surface area contributed by atoms with Crippen LogP contribution in [0.5, 0.6) is 0 Å². The molecule has 0 fully saturated rings. The Morgan fingerprint density at radius 2 is 2.17 bits per heavy atom. The van der Waals surface area contributed by atoms with Gasteiger partial charge in [-0.1, -0.05) is 17.3 Å². The topological polar surface area (TPSA) is 121 Å². The number of aromatic nitrogens is 5. The minimum atomic E-state index is -0.523. The molecule has 3 rings (SSSR count). The van der Waals surface area contributed by atoms with Gasteiger partial charge in [0.05, 0.1) is 10.4 Å². The van der Waals surface area contributed by atoms with E-state index in [-0.39, 0.29) is 17.3 Å². The summed E-state index contributed by atoms with van der Waals surface area (Å²) in [6.07, 6.45) is 1.96. The van der Waals surface area contributed by atoms with Crippen molar-refractivity contribution in [1.29, 1.82) is 0 Å². The van der Waals surface area contributed by atoms with Crippen LogP contribution in [0.2, 0.25) is 0 Å². The summed E-state index contributed by atoms with van der Waals surface area (Å²) in [7, 11) is 1.60. The molecule has 0 atom stereocenters. The van der Waals surface area contributed by atoms with E-state index >= 15 is 0 Å². The fourth-order valence-electron chi connectivity index (χ4n) is 2.27. The Kier molecular flexibility index (Phi) is 4.57. The molecule has 2 aromatic heterocycles. The summed E-state index contributed by atoms with van der Waals surface area (Å²) in [4.78, 5) is 19.1. The van der Waals surface area contributed by atoms with E-state index in [2.05, 4.69) is 25.6 Å². The van der Waals surface area contributed by atoms with E-state index in [0.29, 0.717) is 30.6 Å².